The summed E-state index contributed by atoms with van der Waals surface area (Å²) < 4.78 is 7.30. The van der Waals surface area contributed by atoms with Crippen molar-refractivity contribution < 1.29 is 14.3 Å². The molecule has 2 N–H and O–H groups in total. The van der Waals surface area contributed by atoms with E-state index >= 15 is 0 Å². The second kappa shape index (κ2) is 11.5. The Kier molecular flexibility index (Phi) is 8.41. The van der Waals surface area contributed by atoms with Crippen LogP contribution in [0, 0.1) is 14.9 Å². The Morgan fingerprint density at radius 3 is 2.34 bits per heavy atom. The molecule has 3 aromatic rings. The van der Waals surface area contributed by atoms with Crippen LogP contribution in [0.2, 0.25) is 0 Å². The summed E-state index contributed by atoms with van der Waals surface area (Å²) in [6, 6.07) is 23.2. The minimum absolute atomic E-state index is 0.0211. The van der Waals surface area contributed by atoms with E-state index in [1.54, 1.807) is 42.5 Å². The van der Waals surface area contributed by atoms with E-state index < -0.39 is 5.91 Å². The number of carbonyl (C=O) groups is 2. The van der Waals surface area contributed by atoms with Crippen molar-refractivity contribution in [3.8, 4) is 11.8 Å². The number of para-hydroxylation sites is 1. The molecule has 0 fully saturated rings. The first kappa shape index (κ1) is 23.5. The van der Waals surface area contributed by atoms with E-state index in [0.717, 1.165) is 8.04 Å². The van der Waals surface area contributed by atoms with Crippen LogP contribution in [0.5, 0.6) is 5.75 Å². The molecule has 0 atom stereocenters. The Balaban J connectivity index is 1.57. The van der Waals surface area contributed by atoms with Crippen LogP contribution >= 0.6 is 38.5 Å². The van der Waals surface area contributed by atoms with Crippen LogP contribution in [0.15, 0.2) is 82.8 Å². The molecule has 0 aromatic heterocycles. The second-order valence-corrected chi connectivity index (χ2v) is 8.59. The third kappa shape index (κ3) is 6.93. The molecule has 0 unspecified atom stereocenters. The number of carbonyl (C=O) groups excluding carboxylic acids is 2. The number of nitriles is 1. The maximum absolute atomic E-state index is 12.4. The predicted octanol–water partition coefficient (Wildman–Crippen LogP) is 5.62. The van der Waals surface area contributed by atoms with Gasteiger partial charge in [-0.15, -0.1) is 0 Å². The Morgan fingerprint density at radius 1 is 1.00 bits per heavy atom. The summed E-state index contributed by atoms with van der Waals surface area (Å²) in [6.45, 7) is -0.146. The van der Waals surface area contributed by atoms with Crippen LogP contribution in [0.25, 0.3) is 6.08 Å². The number of hydrogen-bond donors (Lipinski definition) is 2. The molecule has 0 bridgehead atoms. The maximum Gasteiger partial charge on any atom is 0.266 e. The Hall–Kier alpha value is -3.16. The molecule has 0 aliphatic carbocycles. The second-order valence-electron chi connectivity index (χ2n) is 6.52. The minimum atomic E-state index is -0.485. The molecule has 0 aliphatic rings. The zero-order valence-electron chi connectivity index (χ0n) is 16.6. The van der Waals surface area contributed by atoms with E-state index in [9.17, 15) is 14.9 Å². The molecule has 8 heteroatoms. The largest absolute Gasteiger partial charge is 0.484 e. The van der Waals surface area contributed by atoms with Crippen molar-refractivity contribution in [3.05, 3.63) is 92.0 Å². The summed E-state index contributed by atoms with van der Waals surface area (Å²) in [7, 11) is 0. The lowest BCUT2D eigenvalue weighted by Crippen LogP contribution is -2.20. The van der Waals surface area contributed by atoms with E-state index in [2.05, 4.69) is 49.2 Å². The molecule has 160 valence electrons. The molecule has 32 heavy (non-hydrogen) atoms. The summed E-state index contributed by atoms with van der Waals surface area (Å²) in [5.74, 6) is -0.272. The molecule has 0 radical (unpaired) electrons. The van der Waals surface area contributed by atoms with Gasteiger partial charge < -0.3 is 15.4 Å². The first-order chi connectivity index (χ1) is 15.4. The van der Waals surface area contributed by atoms with Crippen LogP contribution in [-0.2, 0) is 9.59 Å². The van der Waals surface area contributed by atoms with Crippen LogP contribution in [0.1, 0.15) is 5.56 Å². The van der Waals surface area contributed by atoms with Crippen LogP contribution < -0.4 is 15.4 Å². The number of nitrogens with zero attached hydrogens (tertiary/aromatic N) is 1. The first-order valence-corrected chi connectivity index (χ1v) is 11.3. The molecule has 0 saturated heterocycles. The third-order valence-electron chi connectivity index (χ3n) is 4.18. The molecule has 6 nitrogen and oxygen atoms in total. The van der Waals surface area contributed by atoms with Gasteiger partial charge >= 0.3 is 0 Å². The van der Waals surface area contributed by atoms with Crippen molar-refractivity contribution in [1.82, 2.24) is 0 Å². The van der Waals surface area contributed by atoms with Crippen molar-refractivity contribution >= 4 is 67.8 Å². The van der Waals surface area contributed by atoms with Gasteiger partial charge in [0, 0.05) is 13.7 Å². The summed E-state index contributed by atoms with van der Waals surface area (Å²) in [6.07, 6.45) is 1.50. The molecule has 2 amide bonds. The number of nitrogens with one attached hydrogen (secondary N) is 2. The lowest BCUT2D eigenvalue weighted by atomic mass is 10.1. The molecular formula is C24H17BrIN3O3. The molecule has 3 aromatic carbocycles. The number of ether oxygens (including phenoxy) is 1. The van der Waals surface area contributed by atoms with E-state index in [0.29, 0.717) is 22.7 Å². The highest BCUT2D eigenvalue weighted by Crippen LogP contribution is 2.19. The summed E-state index contributed by atoms with van der Waals surface area (Å²) >= 11 is 5.46. The van der Waals surface area contributed by atoms with Crippen molar-refractivity contribution in [3.63, 3.8) is 0 Å². The fourth-order valence-electron chi connectivity index (χ4n) is 2.61. The highest BCUT2D eigenvalue weighted by molar-refractivity contribution is 14.1. The van der Waals surface area contributed by atoms with Gasteiger partial charge in [0.15, 0.2) is 6.61 Å². The van der Waals surface area contributed by atoms with Crippen molar-refractivity contribution in [2.24, 2.45) is 0 Å². The lowest BCUT2D eigenvalue weighted by Gasteiger charge is -2.08. The number of amides is 2. The van der Waals surface area contributed by atoms with E-state index in [-0.39, 0.29) is 18.1 Å². The molecule has 0 saturated carbocycles. The van der Waals surface area contributed by atoms with Gasteiger partial charge in [0.25, 0.3) is 11.8 Å². The zero-order valence-corrected chi connectivity index (χ0v) is 20.4. The Morgan fingerprint density at radius 2 is 1.69 bits per heavy atom. The monoisotopic (exact) mass is 601 g/mol. The Bertz CT molecular complexity index is 1190. The fraction of sp³-hybridized carbons (Fsp3) is 0.0417. The van der Waals surface area contributed by atoms with Crippen LogP contribution in [0.4, 0.5) is 11.4 Å². The number of benzene rings is 3. The summed E-state index contributed by atoms with van der Waals surface area (Å²) in [4.78, 5) is 24.5. The van der Waals surface area contributed by atoms with Gasteiger partial charge in [-0.1, -0.05) is 40.2 Å². The van der Waals surface area contributed by atoms with E-state index in [4.69, 9.17) is 4.74 Å². The number of hydrogen-bond acceptors (Lipinski definition) is 4. The van der Waals surface area contributed by atoms with Gasteiger partial charge in [0.1, 0.15) is 17.4 Å². The topological polar surface area (TPSA) is 91.2 Å². The van der Waals surface area contributed by atoms with Gasteiger partial charge in [0.2, 0.25) is 0 Å². The summed E-state index contributed by atoms with van der Waals surface area (Å²) in [5, 5.41) is 14.9. The van der Waals surface area contributed by atoms with Gasteiger partial charge in [-0.3, -0.25) is 9.59 Å². The number of rotatable bonds is 7. The van der Waals surface area contributed by atoms with E-state index in [1.165, 1.54) is 6.08 Å². The highest BCUT2D eigenvalue weighted by Gasteiger charge is 2.11. The molecule has 3 rings (SSSR count). The molecule has 0 spiro atoms. The highest BCUT2D eigenvalue weighted by atomic mass is 127. The smallest absolute Gasteiger partial charge is 0.266 e. The molecule has 0 aliphatic heterocycles. The average molecular weight is 602 g/mol. The SMILES string of the molecule is N#C/C(=C/c1ccc(OCC(=O)Nc2ccc(Br)cc2)cc1)C(=O)Nc1ccccc1I. The predicted molar refractivity (Wildman–Crippen MR) is 136 cm³/mol. The molecule has 0 heterocycles. The zero-order chi connectivity index (χ0) is 22.9. The van der Waals surface area contributed by atoms with Crippen LogP contribution in [0.3, 0.4) is 0 Å². The van der Waals surface area contributed by atoms with Crippen LogP contribution in [-0.4, -0.2) is 18.4 Å². The number of anilines is 2. The van der Waals surface area contributed by atoms with Crippen molar-refractivity contribution in [2.75, 3.05) is 17.2 Å². The third-order valence-corrected chi connectivity index (χ3v) is 5.65. The number of halogens is 2. The Labute approximate surface area is 207 Å². The van der Waals surface area contributed by atoms with Crippen molar-refractivity contribution in [2.45, 2.75) is 0 Å². The van der Waals surface area contributed by atoms with Gasteiger partial charge in [-0.05, 0) is 82.8 Å². The summed E-state index contributed by atoms with van der Waals surface area (Å²) in [5.41, 5.74) is 1.96. The molecular weight excluding hydrogens is 585 g/mol. The van der Waals surface area contributed by atoms with Gasteiger partial charge in [0.05, 0.1) is 5.69 Å². The average Bonchev–Trinajstić information content (AvgIpc) is 2.80. The first-order valence-electron chi connectivity index (χ1n) is 9.40. The maximum atomic E-state index is 12.4. The van der Waals surface area contributed by atoms with Gasteiger partial charge in [-0.2, -0.15) is 5.26 Å². The quantitative estimate of drug-likeness (QED) is 0.209. The van der Waals surface area contributed by atoms with E-state index in [1.807, 2.05) is 36.4 Å². The standard InChI is InChI=1S/C24H17BrIN3O3/c25-18-7-9-19(10-8-18)28-23(30)15-32-20-11-5-16(6-12-20)13-17(14-27)24(31)29-22-4-2-1-3-21(22)26/h1-13H,15H2,(H,28,30)(H,29,31)/b17-13-. The minimum Gasteiger partial charge on any atom is -0.484 e. The van der Waals surface area contributed by atoms with Crippen molar-refractivity contribution in [1.29, 1.82) is 5.26 Å². The fourth-order valence-corrected chi connectivity index (χ4v) is 3.39. The van der Waals surface area contributed by atoms with Gasteiger partial charge in [-0.25, -0.2) is 0 Å². The normalized spacial score (nSPS) is 10.7. The lowest BCUT2D eigenvalue weighted by molar-refractivity contribution is -0.118.